The van der Waals surface area contributed by atoms with Gasteiger partial charge in [-0.1, -0.05) is 34.1 Å². The molecule has 92 valence electrons. The van der Waals surface area contributed by atoms with E-state index in [2.05, 4.69) is 46.6 Å². The van der Waals surface area contributed by atoms with Gasteiger partial charge in [0, 0.05) is 11.5 Å². The largest absolute Gasteiger partial charge is 0.504 e. The summed E-state index contributed by atoms with van der Waals surface area (Å²) >= 11 is 0. The second-order valence-corrected chi connectivity index (χ2v) is 5.68. The summed E-state index contributed by atoms with van der Waals surface area (Å²) in [5.74, 6) is 0.392. The van der Waals surface area contributed by atoms with Gasteiger partial charge in [-0.15, -0.1) is 0 Å². The highest BCUT2D eigenvalue weighted by Crippen LogP contribution is 2.35. The Morgan fingerprint density at radius 2 is 1.88 bits per heavy atom. The first-order valence-corrected chi connectivity index (χ1v) is 6.09. The Kier molecular flexibility index (Phi) is 3.66. The number of rotatable bonds is 3. The van der Waals surface area contributed by atoms with E-state index in [1.54, 1.807) is 0 Å². The summed E-state index contributed by atoms with van der Waals surface area (Å²) in [7, 11) is 0. The first kappa shape index (κ1) is 13.1. The first-order valence-electron chi connectivity index (χ1n) is 6.09. The minimum atomic E-state index is -0.0760. The van der Waals surface area contributed by atoms with Gasteiger partial charge < -0.3 is 5.11 Å². The summed E-state index contributed by atoms with van der Waals surface area (Å²) < 4.78 is 1.96. The van der Waals surface area contributed by atoms with Gasteiger partial charge in [0.25, 0.3) is 0 Å². The fraction of sp³-hybridized carbons (Fsp3) is 0.769. The lowest BCUT2D eigenvalue weighted by molar-refractivity contribution is 0.407. The molecule has 16 heavy (non-hydrogen) atoms. The third-order valence-corrected chi connectivity index (χ3v) is 2.64. The van der Waals surface area contributed by atoms with Crippen molar-refractivity contribution >= 4 is 0 Å². The average Bonchev–Trinajstić information content (AvgIpc) is 2.43. The van der Waals surface area contributed by atoms with Crippen LogP contribution in [0.3, 0.4) is 0 Å². The molecule has 0 aliphatic carbocycles. The van der Waals surface area contributed by atoms with Crippen LogP contribution in [-0.2, 0) is 11.8 Å². The summed E-state index contributed by atoms with van der Waals surface area (Å²) in [6.45, 7) is 12.6. The highest BCUT2D eigenvalue weighted by atomic mass is 16.3. The zero-order valence-corrected chi connectivity index (χ0v) is 11.3. The molecule has 0 radical (unpaired) electrons. The van der Waals surface area contributed by atoms with Crippen LogP contribution < -0.4 is 0 Å². The Balaban J connectivity index is 3.32. The molecule has 3 nitrogen and oxygen atoms in total. The molecule has 0 fully saturated rings. The topological polar surface area (TPSA) is 38.0 Å². The van der Waals surface area contributed by atoms with E-state index in [0.717, 1.165) is 24.2 Å². The zero-order valence-electron chi connectivity index (χ0n) is 11.3. The molecule has 0 unspecified atom stereocenters. The average molecular weight is 224 g/mol. The van der Waals surface area contributed by atoms with Gasteiger partial charge in [0.2, 0.25) is 0 Å². The lowest BCUT2D eigenvalue weighted by Crippen LogP contribution is -2.19. The second kappa shape index (κ2) is 4.48. The molecule has 1 aromatic heterocycles. The third kappa shape index (κ3) is 2.39. The minimum Gasteiger partial charge on any atom is -0.504 e. The highest BCUT2D eigenvalue weighted by Gasteiger charge is 2.27. The van der Waals surface area contributed by atoms with Crippen LogP contribution in [0.15, 0.2) is 0 Å². The molecule has 0 aliphatic rings. The SMILES string of the molecule is CCCc1nn(C(C)C)c(C(C)(C)C)c1O. The maximum atomic E-state index is 10.2. The summed E-state index contributed by atoms with van der Waals surface area (Å²) in [6.07, 6.45) is 1.85. The van der Waals surface area contributed by atoms with Crippen molar-refractivity contribution in [2.75, 3.05) is 0 Å². The minimum absolute atomic E-state index is 0.0760. The highest BCUT2D eigenvalue weighted by molar-refractivity contribution is 5.37. The van der Waals surface area contributed by atoms with Crippen LogP contribution in [0.25, 0.3) is 0 Å². The van der Waals surface area contributed by atoms with Crippen molar-refractivity contribution in [3.05, 3.63) is 11.4 Å². The molecule has 0 bridgehead atoms. The Morgan fingerprint density at radius 1 is 1.31 bits per heavy atom. The number of nitrogens with zero attached hydrogens (tertiary/aromatic N) is 2. The predicted octanol–water partition coefficient (Wildman–Crippen LogP) is 3.42. The lowest BCUT2D eigenvalue weighted by atomic mass is 9.90. The zero-order chi connectivity index (χ0) is 12.5. The molecule has 1 heterocycles. The number of hydrogen-bond donors (Lipinski definition) is 1. The maximum Gasteiger partial charge on any atom is 0.160 e. The van der Waals surface area contributed by atoms with Gasteiger partial charge in [0.05, 0.1) is 5.69 Å². The van der Waals surface area contributed by atoms with Crippen LogP contribution >= 0.6 is 0 Å². The van der Waals surface area contributed by atoms with Crippen molar-refractivity contribution in [1.82, 2.24) is 9.78 Å². The predicted molar refractivity (Wildman–Crippen MR) is 67.0 cm³/mol. The van der Waals surface area contributed by atoms with Crippen LogP contribution in [0, 0.1) is 0 Å². The summed E-state index contributed by atoms with van der Waals surface area (Å²) in [5, 5.41) is 14.8. The van der Waals surface area contributed by atoms with E-state index < -0.39 is 0 Å². The molecule has 0 saturated heterocycles. The fourth-order valence-corrected chi connectivity index (χ4v) is 1.95. The van der Waals surface area contributed by atoms with Crippen LogP contribution in [0.1, 0.15) is 65.4 Å². The van der Waals surface area contributed by atoms with Crippen molar-refractivity contribution < 1.29 is 5.11 Å². The molecular formula is C13H24N2O. The molecule has 0 aliphatic heterocycles. The molecule has 0 spiro atoms. The summed E-state index contributed by atoms with van der Waals surface area (Å²) in [5.41, 5.74) is 1.71. The molecule has 0 amide bonds. The van der Waals surface area contributed by atoms with Crippen molar-refractivity contribution in [2.45, 2.75) is 65.8 Å². The van der Waals surface area contributed by atoms with Gasteiger partial charge in [0.1, 0.15) is 5.69 Å². The smallest absolute Gasteiger partial charge is 0.160 e. The molecule has 0 atom stereocenters. The summed E-state index contributed by atoms with van der Waals surface area (Å²) in [4.78, 5) is 0. The van der Waals surface area contributed by atoms with E-state index in [4.69, 9.17) is 0 Å². The first-order chi connectivity index (χ1) is 7.29. The van der Waals surface area contributed by atoms with Gasteiger partial charge in [-0.3, -0.25) is 4.68 Å². The van der Waals surface area contributed by atoms with Crippen molar-refractivity contribution in [2.24, 2.45) is 0 Å². The molecule has 0 aromatic carbocycles. The van der Waals surface area contributed by atoms with E-state index in [1.807, 2.05) is 4.68 Å². The lowest BCUT2D eigenvalue weighted by Gasteiger charge is -2.22. The Labute approximate surface area is 98.5 Å². The van der Waals surface area contributed by atoms with E-state index >= 15 is 0 Å². The Hall–Kier alpha value is -0.990. The number of aryl methyl sites for hydroxylation is 1. The van der Waals surface area contributed by atoms with Crippen LogP contribution in [0.4, 0.5) is 0 Å². The van der Waals surface area contributed by atoms with E-state index in [1.165, 1.54) is 0 Å². The van der Waals surface area contributed by atoms with Gasteiger partial charge in [-0.25, -0.2) is 0 Å². The van der Waals surface area contributed by atoms with E-state index in [0.29, 0.717) is 5.75 Å². The fourth-order valence-electron chi connectivity index (χ4n) is 1.95. The molecule has 1 rings (SSSR count). The van der Waals surface area contributed by atoms with Gasteiger partial charge in [-0.05, 0) is 20.3 Å². The Bertz CT molecular complexity index is 359. The molecule has 0 saturated carbocycles. The normalized spacial score (nSPS) is 12.4. The summed E-state index contributed by atoms with van der Waals surface area (Å²) in [6, 6.07) is 0.283. The van der Waals surface area contributed by atoms with Crippen molar-refractivity contribution in [1.29, 1.82) is 0 Å². The van der Waals surface area contributed by atoms with Crippen molar-refractivity contribution in [3.8, 4) is 5.75 Å². The number of hydrogen-bond acceptors (Lipinski definition) is 2. The Morgan fingerprint density at radius 3 is 2.19 bits per heavy atom. The molecule has 3 heteroatoms. The quantitative estimate of drug-likeness (QED) is 0.854. The third-order valence-electron chi connectivity index (χ3n) is 2.64. The van der Waals surface area contributed by atoms with Crippen molar-refractivity contribution in [3.63, 3.8) is 0 Å². The van der Waals surface area contributed by atoms with Gasteiger partial charge in [0.15, 0.2) is 5.75 Å². The van der Waals surface area contributed by atoms with Gasteiger partial charge in [-0.2, -0.15) is 5.10 Å². The van der Waals surface area contributed by atoms with E-state index in [-0.39, 0.29) is 11.5 Å². The van der Waals surface area contributed by atoms with Crippen LogP contribution in [0.5, 0.6) is 5.75 Å². The number of aromatic nitrogens is 2. The van der Waals surface area contributed by atoms with Crippen LogP contribution in [0.2, 0.25) is 0 Å². The number of aromatic hydroxyl groups is 1. The molecular weight excluding hydrogens is 200 g/mol. The molecule has 1 aromatic rings. The maximum absolute atomic E-state index is 10.2. The monoisotopic (exact) mass is 224 g/mol. The standard InChI is InChI=1S/C13H24N2O/c1-7-8-10-11(16)12(13(4,5)6)15(14-10)9(2)3/h9,16H,7-8H2,1-6H3. The van der Waals surface area contributed by atoms with Gasteiger partial charge >= 0.3 is 0 Å². The molecule has 1 N–H and O–H groups in total. The second-order valence-electron chi connectivity index (χ2n) is 5.68. The van der Waals surface area contributed by atoms with E-state index in [9.17, 15) is 5.11 Å². The van der Waals surface area contributed by atoms with Crippen LogP contribution in [-0.4, -0.2) is 14.9 Å².